The highest BCUT2D eigenvalue weighted by Gasteiger charge is 2.28. The van der Waals surface area contributed by atoms with Crippen LogP contribution >= 0.6 is 0 Å². The van der Waals surface area contributed by atoms with Crippen LogP contribution in [0.4, 0.5) is 5.69 Å². The maximum absolute atomic E-state index is 5.75. The van der Waals surface area contributed by atoms with Crippen molar-refractivity contribution in [1.82, 2.24) is 14.9 Å². The number of piperidine rings is 1. The summed E-state index contributed by atoms with van der Waals surface area (Å²) in [5.41, 5.74) is 1.08. The standard InChI is InChI=1S/C18H24N4O/c1-13-12-22(3)14(2)9-17(13)21-15-5-4-6-16(10-15)23-18-11-19-7-8-20-18/h4-8,10-11,13-14,17,21H,9,12H2,1-3H3/t13-,14+,17-/m1/s1. The van der Waals surface area contributed by atoms with Crippen LogP contribution in [0.3, 0.4) is 0 Å². The minimum absolute atomic E-state index is 0.480. The van der Waals surface area contributed by atoms with Crippen molar-refractivity contribution in [2.75, 3.05) is 18.9 Å². The second kappa shape index (κ2) is 6.96. The Morgan fingerprint density at radius 2 is 2.13 bits per heavy atom. The van der Waals surface area contributed by atoms with Crippen molar-refractivity contribution in [1.29, 1.82) is 0 Å². The molecule has 1 N–H and O–H groups in total. The summed E-state index contributed by atoms with van der Waals surface area (Å²) in [6.45, 7) is 5.71. The number of rotatable bonds is 4. The zero-order valence-corrected chi connectivity index (χ0v) is 13.9. The van der Waals surface area contributed by atoms with E-state index in [1.807, 2.05) is 18.2 Å². The van der Waals surface area contributed by atoms with E-state index in [1.54, 1.807) is 18.6 Å². The highest BCUT2D eigenvalue weighted by atomic mass is 16.5. The van der Waals surface area contributed by atoms with Gasteiger partial charge in [-0.25, -0.2) is 4.98 Å². The molecule has 0 saturated carbocycles. The molecule has 3 rings (SSSR count). The number of likely N-dealkylation sites (tertiary alicyclic amines) is 1. The van der Waals surface area contributed by atoms with E-state index in [9.17, 15) is 0 Å². The molecule has 1 saturated heterocycles. The predicted molar refractivity (Wildman–Crippen MR) is 91.8 cm³/mol. The van der Waals surface area contributed by atoms with Crippen molar-refractivity contribution in [2.24, 2.45) is 5.92 Å². The molecule has 3 atom stereocenters. The quantitative estimate of drug-likeness (QED) is 0.937. The third-order valence-corrected chi connectivity index (χ3v) is 4.56. The lowest BCUT2D eigenvalue weighted by atomic mass is 9.89. The summed E-state index contributed by atoms with van der Waals surface area (Å²) in [6.07, 6.45) is 6.01. The average Bonchev–Trinajstić information content (AvgIpc) is 2.54. The molecule has 0 spiro atoms. The number of nitrogens with one attached hydrogen (secondary N) is 1. The largest absolute Gasteiger partial charge is 0.437 e. The van der Waals surface area contributed by atoms with Crippen LogP contribution in [0.25, 0.3) is 0 Å². The van der Waals surface area contributed by atoms with Gasteiger partial charge in [0.2, 0.25) is 5.88 Å². The first kappa shape index (κ1) is 15.7. The normalized spacial score (nSPS) is 25.1. The molecule has 0 bridgehead atoms. The zero-order chi connectivity index (χ0) is 16.2. The molecule has 5 heteroatoms. The molecule has 23 heavy (non-hydrogen) atoms. The fraction of sp³-hybridized carbons (Fsp3) is 0.444. The molecule has 1 fully saturated rings. The molecule has 0 radical (unpaired) electrons. The average molecular weight is 312 g/mol. The molecule has 1 aliphatic rings. The molecule has 1 aromatic carbocycles. The van der Waals surface area contributed by atoms with Crippen molar-refractivity contribution in [3.8, 4) is 11.6 Å². The Labute approximate surface area is 137 Å². The van der Waals surface area contributed by atoms with Crippen molar-refractivity contribution in [2.45, 2.75) is 32.4 Å². The fourth-order valence-electron chi connectivity index (χ4n) is 3.06. The Morgan fingerprint density at radius 1 is 1.26 bits per heavy atom. The summed E-state index contributed by atoms with van der Waals surface area (Å²) >= 11 is 0. The van der Waals surface area contributed by atoms with Crippen molar-refractivity contribution in [3.63, 3.8) is 0 Å². The van der Waals surface area contributed by atoms with Gasteiger partial charge in [-0.1, -0.05) is 13.0 Å². The second-order valence-corrected chi connectivity index (χ2v) is 6.43. The number of aromatic nitrogens is 2. The van der Waals surface area contributed by atoms with Gasteiger partial charge in [0.15, 0.2) is 0 Å². The number of hydrogen-bond donors (Lipinski definition) is 1. The lowest BCUT2D eigenvalue weighted by Crippen LogP contribution is -2.48. The molecule has 1 aliphatic heterocycles. The van der Waals surface area contributed by atoms with Gasteiger partial charge in [-0.2, -0.15) is 0 Å². The van der Waals surface area contributed by atoms with E-state index < -0.39 is 0 Å². The van der Waals surface area contributed by atoms with Crippen LogP contribution in [-0.4, -0.2) is 40.5 Å². The fourth-order valence-corrected chi connectivity index (χ4v) is 3.06. The van der Waals surface area contributed by atoms with E-state index in [0.29, 0.717) is 23.9 Å². The SMILES string of the molecule is C[C@@H]1CN(C)[C@@H](C)C[C@H]1Nc1cccc(Oc2cnccn2)c1. The van der Waals surface area contributed by atoms with Crippen LogP contribution in [0.1, 0.15) is 20.3 Å². The minimum atomic E-state index is 0.480. The number of ether oxygens (including phenoxy) is 1. The summed E-state index contributed by atoms with van der Waals surface area (Å²) in [6, 6.07) is 9.11. The molecular formula is C18H24N4O. The first-order valence-electron chi connectivity index (χ1n) is 8.12. The van der Waals surface area contributed by atoms with Crippen LogP contribution < -0.4 is 10.1 Å². The van der Waals surface area contributed by atoms with Gasteiger partial charge in [0.1, 0.15) is 5.75 Å². The predicted octanol–water partition coefficient (Wildman–Crippen LogP) is 3.41. The van der Waals surface area contributed by atoms with Crippen molar-refractivity contribution in [3.05, 3.63) is 42.9 Å². The number of hydrogen-bond acceptors (Lipinski definition) is 5. The van der Waals surface area contributed by atoms with Gasteiger partial charge in [-0.15, -0.1) is 0 Å². The zero-order valence-electron chi connectivity index (χ0n) is 13.9. The van der Waals surface area contributed by atoms with Crippen molar-refractivity contribution < 1.29 is 4.74 Å². The molecule has 5 nitrogen and oxygen atoms in total. The summed E-state index contributed by atoms with van der Waals surface area (Å²) in [5, 5.41) is 3.67. The van der Waals surface area contributed by atoms with Crippen LogP contribution in [0, 0.1) is 5.92 Å². The number of anilines is 1. The van der Waals surface area contributed by atoms with Crippen LogP contribution in [0.15, 0.2) is 42.9 Å². The first-order chi connectivity index (χ1) is 11.1. The lowest BCUT2D eigenvalue weighted by molar-refractivity contribution is 0.145. The van der Waals surface area contributed by atoms with Crippen LogP contribution in [-0.2, 0) is 0 Å². The summed E-state index contributed by atoms with van der Waals surface area (Å²) in [4.78, 5) is 10.6. The Bertz CT molecular complexity index is 634. The molecule has 2 heterocycles. The first-order valence-corrected chi connectivity index (χ1v) is 8.12. The highest BCUT2D eigenvalue weighted by Crippen LogP contribution is 2.27. The summed E-state index contributed by atoms with van der Waals surface area (Å²) in [7, 11) is 2.20. The van der Waals surface area contributed by atoms with E-state index >= 15 is 0 Å². The van der Waals surface area contributed by atoms with Gasteiger partial charge in [0.25, 0.3) is 0 Å². The maximum Gasteiger partial charge on any atom is 0.237 e. The Balaban J connectivity index is 1.68. The van der Waals surface area contributed by atoms with Gasteiger partial charge in [0, 0.05) is 42.8 Å². The molecule has 2 aromatic rings. The topological polar surface area (TPSA) is 50.3 Å². The number of benzene rings is 1. The Morgan fingerprint density at radius 3 is 2.91 bits per heavy atom. The summed E-state index contributed by atoms with van der Waals surface area (Å²) < 4.78 is 5.75. The Kier molecular flexibility index (Phi) is 4.76. The van der Waals surface area contributed by atoms with Gasteiger partial charge in [-0.05, 0) is 38.4 Å². The van der Waals surface area contributed by atoms with Crippen LogP contribution in [0.5, 0.6) is 11.6 Å². The third kappa shape index (κ3) is 3.99. The highest BCUT2D eigenvalue weighted by molar-refractivity contribution is 5.49. The van der Waals surface area contributed by atoms with E-state index in [0.717, 1.165) is 24.4 Å². The van der Waals surface area contributed by atoms with E-state index in [1.165, 1.54) is 0 Å². The number of nitrogens with zero attached hydrogens (tertiary/aromatic N) is 3. The monoisotopic (exact) mass is 312 g/mol. The molecule has 1 aromatic heterocycles. The van der Waals surface area contributed by atoms with Crippen molar-refractivity contribution >= 4 is 5.69 Å². The van der Waals surface area contributed by atoms with Gasteiger partial charge in [0.05, 0.1) is 6.20 Å². The minimum Gasteiger partial charge on any atom is -0.437 e. The van der Waals surface area contributed by atoms with Crippen LogP contribution in [0.2, 0.25) is 0 Å². The smallest absolute Gasteiger partial charge is 0.237 e. The molecule has 122 valence electrons. The second-order valence-electron chi connectivity index (χ2n) is 6.43. The molecule has 0 unspecified atom stereocenters. The Hall–Kier alpha value is -2.14. The maximum atomic E-state index is 5.75. The van der Waals surface area contributed by atoms with E-state index in [-0.39, 0.29) is 0 Å². The lowest BCUT2D eigenvalue weighted by Gasteiger charge is -2.40. The third-order valence-electron chi connectivity index (χ3n) is 4.56. The van der Waals surface area contributed by atoms with Gasteiger partial charge < -0.3 is 15.0 Å². The molecule has 0 amide bonds. The summed E-state index contributed by atoms with van der Waals surface area (Å²) in [5.74, 6) is 1.89. The van der Waals surface area contributed by atoms with E-state index in [2.05, 4.69) is 47.1 Å². The van der Waals surface area contributed by atoms with Gasteiger partial charge >= 0.3 is 0 Å². The van der Waals surface area contributed by atoms with Gasteiger partial charge in [-0.3, -0.25) is 4.98 Å². The van der Waals surface area contributed by atoms with E-state index in [4.69, 9.17) is 4.74 Å². The molecular weight excluding hydrogens is 288 g/mol. The molecule has 0 aliphatic carbocycles.